The van der Waals surface area contributed by atoms with Gasteiger partial charge in [-0.05, 0) is 39.2 Å². The molecule has 7 nitrogen and oxygen atoms in total. The smallest absolute Gasteiger partial charge is 0.342 e. The largest absolute Gasteiger partial charge is 0.449 e. The summed E-state index contributed by atoms with van der Waals surface area (Å²) in [5.74, 6) is -1.00. The van der Waals surface area contributed by atoms with E-state index in [2.05, 4.69) is 6.07 Å². The monoisotopic (exact) mass is 360 g/mol. The number of aryl methyl sites for hydroxylation is 2. The van der Waals surface area contributed by atoms with Crippen molar-refractivity contribution in [1.82, 2.24) is 4.90 Å². The summed E-state index contributed by atoms with van der Waals surface area (Å²) in [6.07, 6.45) is 3.02. The molecule has 0 saturated heterocycles. The topological polar surface area (TPSA) is 101 Å². The van der Waals surface area contributed by atoms with E-state index < -0.39 is 29.1 Å². The highest BCUT2D eigenvalue weighted by atomic mass is 16.5. The summed E-state index contributed by atoms with van der Waals surface area (Å²) in [6, 6.07) is 3.48. The second kappa shape index (κ2) is 7.73. The second-order valence-corrected chi connectivity index (χ2v) is 6.83. The van der Waals surface area contributed by atoms with Crippen LogP contribution >= 0.6 is 0 Å². The molecule has 0 aromatic carbocycles. The van der Waals surface area contributed by atoms with E-state index in [-0.39, 0.29) is 11.3 Å². The third-order valence-corrected chi connectivity index (χ3v) is 5.03. The van der Waals surface area contributed by atoms with Crippen LogP contribution in [0.15, 0.2) is 15.3 Å². The molecule has 0 spiro atoms. The van der Waals surface area contributed by atoms with Gasteiger partial charge in [-0.3, -0.25) is 4.79 Å². The van der Waals surface area contributed by atoms with Gasteiger partial charge in [0, 0.05) is 13.1 Å². The summed E-state index contributed by atoms with van der Waals surface area (Å²) in [5, 5.41) is 9.61. The van der Waals surface area contributed by atoms with E-state index >= 15 is 0 Å². The fraction of sp³-hybridized carbons (Fsp3) is 0.579. The molecule has 140 valence electrons. The Balaban J connectivity index is 2.15. The van der Waals surface area contributed by atoms with Crippen molar-refractivity contribution in [2.75, 3.05) is 7.05 Å². The van der Waals surface area contributed by atoms with E-state index in [0.29, 0.717) is 18.4 Å². The predicted octanol–water partition coefficient (Wildman–Crippen LogP) is 2.49. The number of nitriles is 1. The standard InChI is InChI=1S/C19H24N2O5/c1-12-10-15(22)25-13(2)16(12)18(24)26-14(3)17(23)21(4)19(11-20)8-6-5-7-9-19/h10,14H,5-9H2,1-4H3/t14-/m0/s1. The van der Waals surface area contributed by atoms with Gasteiger partial charge < -0.3 is 14.1 Å². The molecule has 1 atom stereocenters. The minimum absolute atomic E-state index is 0.138. The van der Waals surface area contributed by atoms with Gasteiger partial charge in [0.05, 0.1) is 6.07 Å². The summed E-state index contributed by atoms with van der Waals surface area (Å²) in [6.45, 7) is 4.58. The highest BCUT2D eigenvalue weighted by Gasteiger charge is 2.41. The van der Waals surface area contributed by atoms with Crippen molar-refractivity contribution in [1.29, 1.82) is 5.26 Å². The number of carbonyl (C=O) groups excluding carboxylic acids is 2. The normalized spacial score (nSPS) is 17.0. The maximum atomic E-state index is 12.7. The second-order valence-electron chi connectivity index (χ2n) is 6.83. The first-order valence-electron chi connectivity index (χ1n) is 8.73. The molecular weight excluding hydrogens is 336 g/mol. The lowest BCUT2D eigenvalue weighted by Crippen LogP contribution is -2.53. The number of nitrogens with zero attached hydrogens (tertiary/aromatic N) is 2. The van der Waals surface area contributed by atoms with Crippen molar-refractivity contribution in [2.45, 2.75) is 64.5 Å². The maximum Gasteiger partial charge on any atom is 0.342 e. The summed E-state index contributed by atoms with van der Waals surface area (Å²) in [5.41, 5.74) is -0.827. The van der Waals surface area contributed by atoms with Crippen LogP contribution in [0, 0.1) is 25.2 Å². The molecule has 1 aromatic heterocycles. The van der Waals surface area contributed by atoms with Crippen LogP contribution in [0.5, 0.6) is 0 Å². The van der Waals surface area contributed by atoms with Gasteiger partial charge in [0.2, 0.25) is 0 Å². The van der Waals surface area contributed by atoms with Crippen LogP contribution in [0.3, 0.4) is 0 Å². The van der Waals surface area contributed by atoms with Crippen LogP contribution in [-0.4, -0.2) is 35.5 Å². The van der Waals surface area contributed by atoms with Gasteiger partial charge >= 0.3 is 11.6 Å². The number of carbonyl (C=O) groups is 2. The van der Waals surface area contributed by atoms with Gasteiger partial charge in [0.25, 0.3) is 5.91 Å². The van der Waals surface area contributed by atoms with Crippen LogP contribution in [0.1, 0.15) is 60.7 Å². The lowest BCUT2D eigenvalue weighted by atomic mass is 9.81. The molecular formula is C19H24N2O5. The van der Waals surface area contributed by atoms with Gasteiger partial charge in [0.15, 0.2) is 6.10 Å². The van der Waals surface area contributed by atoms with Crippen LogP contribution < -0.4 is 5.63 Å². The van der Waals surface area contributed by atoms with E-state index in [4.69, 9.17) is 9.15 Å². The Morgan fingerprint density at radius 2 is 1.92 bits per heavy atom. The van der Waals surface area contributed by atoms with Crippen molar-refractivity contribution < 1.29 is 18.7 Å². The van der Waals surface area contributed by atoms with Crippen LogP contribution in [0.2, 0.25) is 0 Å². The van der Waals surface area contributed by atoms with Gasteiger partial charge in [-0.25, -0.2) is 9.59 Å². The number of rotatable bonds is 4. The Morgan fingerprint density at radius 1 is 1.31 bits per heavy atom. The Kier molecular flexibility index (Phi) is 5.86. The maximum absolute atomic E-state index is 12.7. The van der Waals surface area contributed by atoms with E-state index in [1.54, 1.807) is 14.0 Å². The van der Waals surface area contributed by atoms with E-state index in [1.165, 1.54) is 24.8 Å². The first-order chi connectivity index (χ1) is 12.2. The molecule has 7 heteroatoms. The third-order valence-electron chi connectivity index (χ3n) is 5.03. The summed E-state index contributed by atoms with van der Waals surface area (Å²) in [4.78, 5) is 37.9. The molecule has 1 aliphatic carbocycles. The van der Waals surface area contributed by atoms with E-state index in [1.807, 2.05) is 0 Å². The Morgan fingerprint density at radius 3 is 2.46 bits per heavy atom. The highest BCUT2D eigenvalue weighted by Crippen LogP contribution is 2.33. The summed E-state index contributed by atoms with van der Waals surface area (Å²) < 4.78 is 10.2. The van der Waals surface area contributed by atoms with Gasteiger partial charge in [0.1, 0.15) is 16.9 Å². The molecule has 1 aromatic rings. The molecule has 26 heavy (non-hydrogen) atoms. The van der Waals surface area contributed by atoms with Crippen molar-refractivity contribution in [3.8, 4) is 6.07 Å². The molecule has 1 aliphatic rings. The molecule has 1 heterocycles. The van der Waals surface area contributed by atoms with Crippen molar-refractivity contribution in [3.63, 3.8) is 0 Å². The molecule has 0 radical (unpaired) electrons. The minimum Gasteiger partial charge on any atom is -0.449 e. The summed E-state index contributed by atoms with van der Waals surface area (Å²) in [7, 11) is 1.58. The molecule has 1 saturated carbocycles. The quantitative estimate of drug-likeness (QED) is 0.765. The molecule has 0 aliphatic heterocycles. The zero-order valence-electron chi connectivity index (χ0n) is 15.6. The molecule has 0 unspecified atom stereocenters. The molecule has 2 rings (SSSR count). The molecule has 0 N–H and O–H groups in total. The Labute approximate surface area is 152 Å². The van der Waals surface area contributed by atoms with Crippen LogP contribution in [0.25, 0.3) is 0 Å². The highest BCUT2D eigenvalue weighted by molar-refractivity contribution is 5.94. The van der Waals surface area contributed by atoms with Crippen LogP contribution in [0.4, 0.5) is 0 Å². The van der Waals surface area contributed by atoms with E-state index in [0.717, 1.165) is 19.3 Å². The minimum atomic E-state index is -1.05. The van der Waals surface area contributed by atoms with Gasteiger partial charge in [-0.15, -0.1) is 0 Å². The molecule has 0 bridgehead atoms. The predicted molar refractivity (Wildman–Crippen MR) is 93.5 cm³/mol. The lowest BCUT2D eigenvalue weighted by molar-refractivity contribution is -0.143. The number of amides is 1. The van der Waals surface area contributed by atoms with Crippen molar-refractivity contribution in [3.05, 3.63) is 33.4 Å². The van der Waals surface area contributed by atoms with Crippen molar-refractivity contribution in [2.24, 2.45) is 0 Å². The average molecular weight is 360 g/mol. The van der Waals surface area contributed by atoms with Gasteiger partial charge in [-0.1, -0.05) is 19.3 Å². The fourth-order valence-corrected chi connectivity index (χ4v) is 3.48. The van der Waals surface area contributed by atoms with Gasteiger partial charge in [-0.2, -0.15) is 5.26 Å². The number of hydrogen-bond donors (Lipinski definition) is 0. The molecule has 1 fully saturated rings. The third kappa shape index (κ3) is 3.79. The van der Waals surface area contributed by atoms with Crippen molar-refractivity contribution >= 4 is 11.9 Å². The fourth-order valence-electron chi connectivity index (χ4n) is 3.48. The Hall–Kier alpha value is -2.62. The number of hydrogen-bond acceptors (Lipinski definition) is 6. The number of likely N-dealkylation sites (N-methyl/N-ethyl adjacent to an activating group) is 1. The van der Waals surface area contributed by atoms with Crippen LogP contribution in [-0.2, 0) is 9.53 Å². The SMILES string of the molecule is Cc1cc(=O)oc(C)c1C(=O)O[C@@H](C)C(=O)N(C)C1(C#N)CCCCC1. The number of ether oxygens (including phenoxy) is 1. The average Bonchev–Trinajstić information content (AvgIpc) is 2.60. The summed E-state index contributed by atoms with van der Waals surface area (Å²) >= 11 is 0. The Bertz CT molecular complexity index is 773. The van der Waals surface area contributed by atoms with E-state index in [9.17, 15) is 19.6 Å². The number of esters is 1. The zero-order chi connectivity index (χ0) is 19.5. The first-order valence-corrected chi connectivity index (χ1v) is 8.73. The zero-order valence-corrected chi connectivity index (χ0v) is 15.6. The first kappa shape index (κ1) is 19.7. The lowest BCUT2D eigenvalue weighted by Gasteiger charge is -2.39. The molecule has 1 amide bonds.